The van der Waals surface area contributed by atoms with E-state index in [2.05, 4.69) is 36.2 Å². The lowest BCUT2D eigenvalue weighted by Crippen LogP contribution is -3.19. The minimum absolute atomic E-state index is 0.0846. The Morgan fingerprint density at radius 1 is 1.04 bits per heavy atom. The fourth-order valence-corrected chi connectivity index (χ4v) is 3.97. The Kier molecular flexibility index (Phi) is 6.40. The summed E-state index contributed by atoms with van der Waals surface area (Å²) in [6, 6.07) is 15.9. The monoisotopic (exact) mass is 386 g/mol. The summed E-state index contributed by atoms with van der Waals surface area (Å²) in [5, 5.41) is 3.94. The summed E-state index contributed by atoms with van der Waals surface area (Å²) in [6.45, 7) is 9.96. The Labute approximate surface area is 167 Å². The fraction of sp³-hybridized carbons (Fsp3) is 0.409. The highest BCUT2D eigenvalue weighted by atomic mass is 35.5. The molecular weight excluding hydrogens is 358 g/mol. The molecule has 0 spiro atoms. The van der Waals surface area contributed by atoms with Crippen LogP contribution in [0.1, 0.15) is 32.3 Å². The summed E-state index contributed by atoms with van der Waals surface area (Å²) < 4.78 is 0. The molecule has 1 heterocycles. The summed E-state index contributed by atoms with van der Waals surface area (Å²) in [6.07, 6.45) is 0. The molecule has 2 N–H and O–H groups in total. The lowest BCUT2D eigenvalue weighted by Gasteiger charge is -2.36. The summed E-state index contributed by atoms with van der Waals surface area (Å²) in [5.41, 5.74) is 3.19. The predicted octanol–water partition coefficient (Wildman–Crippen LogP) is 3.20. The molecule has 2 aromatic rings. The third-order valence-corrected chi connectivity index (χ3v) is 5.76. The maximum Gasteiger partial charge on any atom is 0.282 e. The van der Waals surface area contributed by atoms with Gasteiger partial charge in [0.1, 0.15) is 0 Å². The van der Waals surface area contributed by atoms with Gasteiger partial charge in [-0.05, 0) is 36.6 Å². The second-order valence-corrected chi connectivity index (χ2v) is 7.96. The average molecular weight is 387 g/mol. The smallest absolute Gasteiger partial charge is 0.282 e. The third-order valence-electron chi connectivity index (χ3n) is 5.45. The van der Waals surface area contributed by atoms with Gasteiger partial charge in [-0.15, -0.1) is 0 Å². The summed E-state index contributed by atoms with van der Waals surface area (Å²) >= 11 is 6.32. The number of carbonyl (C=O) groups excluding carboxylic acids is 1. The lowest BCUT2D eigenvalue weighted by atomic mass is 10.0. The van der Waals surface area contributed by atoms with E-state index in [1.807, 2.05) is 43.3 Å². The number of nitrogens with one attached hydrogen (secondary N) is 2. The number of carbonyl (C=O) groups is 1. The Morgan fingerprint density at radius 3 is 2.33 bits per heavy atom. The third kappa shape index (κ3) is 4.63. The molecule has 1 saturated heterocycles. The number of nitrogens with zero attached hydrogens (tertiary/aromatic N) is 1. The van der Waals surface area contributed by atoms with Gasteiger partial charge in [0.15, 0.2) is 6.04 Å². The van der Waals surface area contributed by atoms with Crippen LogP contribution in [0.15, 0.2) is 48.5 Å². The maximum atomic E-state index is 12.8. The number of rotatable bonds is 5. The van der Waals surface area contributed by atoms with Gasteiger partial charge in [0.05, 0.1) is 36.9 Å². The van der Waals surface area contributed by atoms with Gasteiger partial charge in [0.25, 0.3) is 5.91 Å². The van der Waals surface area contributed by atoms with Gasteiger partial charge in [-0.25, -0.2) is 0 Å². The Hall–Kier alpha value is -2.04. The SMILES string of the molecule is CC(C)c1ccccc1NC(=O)[C@H](C)[NH+]1CCN(c2ccccc2Cl)CC1. The van der Waals surface area contributed by atoms with Crippen molar-refractivity contribution in [3.05, 3.63) is 59.1 Å². The standard InChI is InChI=1S/C22H28ClN3O/c1-16(2)18-8-4-6-10-20(18)24-22(27)17(3)25-12-14-26(15-13-25)21-11-7-5-9-19(21)23/h4-11,16-17H,12-15H2,1-3H3,(H,24,27)/p+1/t17-/m0/s1. The minimum Gasteiger partial charge on any atom is -0.359 e. The van der Waals surface area contributed by atoms with Crippen LogP contribution in [0, 0.1) is 0 Å². The highest BCUT2D eigenvalue weighted by Crippen LogP contribution is 2.25. The molecule has 0 bridgehead atoms. The van der Waals surface area contributed by atoms with Crippen molar-refractivity contribution < 1.29 is 9.69 Å². The van der Waals surface area contributed by atoms with Crippen LogP contribution in [-0.4, -0.2) is 38.1 Å². The van der Waals surface area contributed by atoms with Crippen molar-refractivity contribution in [2.75, 3.05) is 36.4 Å². The first-order valence-corrected chi connectivity index (χ1v) is 10.1. The van der Waals surface area contributed by atoms with E-state index in [0.717, 1.165) is 42.6 Å². The molecule has 0 aromatic heterocycles. The van der Waals surface area contributed by atoms with E-state index < -0.39 is 0 Å². The summed E-state index contributed by atoms with van der Waals surface area (Å²) in [5.74, 6) is 0.465. The largest absolute Gasteiger partial charge is 0.359 e. The van der Waals surface area contributed by atoms with E-state index in [1.54, 1.807) is 0 Å². The van der Waals surface area contributed by atoms with E-state index in [4.69, 9.17) is 11.6 Å². The zero-order valence-electron chi connectivity index (χ0n) is 16.3. The molecule has 0 radical (unpaired) electrons. The van der Waals surface area contributed by atoms with Crippen LogP contribution in [0.2, 0.25) is 5.02 Å². The second kappa shape index (κ2) is 8.77. The molecule has 0 saturated carbocycles. The Balaban J connectivity index is 1.60. The van der Waals surface area contributed by atoms with Crippen LogP contribution < -0.4 is 15.1 Å². The van der Waals surface area contributed by atoms with Crippen LogP contribution in [0.4, 0.5) is 11.4 Å². The Bertz CT molecular complexity index is 785. The van der Waals surface area contributed by atoms with E-state index in [9.17, 15) is 4.79 Å². The molecule has 3 rings (SSSR count). The van der Waals surface area contributed by atoms with Crippen molar-refractivity contribution >= 4 is 28.9 Å². The molecular formula is C22H29ClN3O+. The number of amides is 1. The second-order valence-electron chi connectivity index (χ2n) is 7.55. The average Bonchev–Trinajstić information content (AvgIpc) is 2.68. The van der Waals surface area contributed by atoms with Gasteiger partial charge >= 0.3 is 0 Å². The van der Waals surface area contributed by atoms with Gasteiger partial charge in [-0.2, -0.15) is 0 Å². The first-order chi connectivity index (χ1) is 13.0. The molecule has 4 nitrogen and oxygen atoms in total. The van der Waals surface area contributed by atoms with Crippen molar-refractivity contribution in [2.45, 2.75) is 32.7 Å². The molecule has 144 valence electrons. The first-order valence-electron chi connectivity index (χ1n) is 9.71. The van der Waals surface area contributed by atoms with E-state index in [-0.39, 0.29) is 11.9 Å². The molecule has 1 atom stereocenters. The summed E-state index contributed by atoms with van der Waals surface area (Å²) in [4.78, 5) is 16.5. The molecule has 27 heavy (non-hydrogen) atoms. The molecule has 1 aliphatic rings. The first kappa shape index (κ1) is 19.7. The summed E-state index contributed by atoms with van der Waals surface area (Å²) in [7, 11) is 0. The molecule has 5 heteroatoms. The highest BCUT2D eigenvalue weighted by Gasteiger charge is 2.30. The molecule has 1 amide bonds. The van der Waals surface area contributed by atoms with Crippen LogP contribution >= 0.6 is 11.6 Å². The van der Waals surface area contributed by atoms with Crippen molar-refractivity contribution in [1.82, 2.24) is 0 Å². The zero-order chi connectivity index (χ0) is 19.4. The van der Waals surface area contributed by atoms with Crippen LogP contribution in [0.25, 0.3) is 0 Å². The number of piperazine rings is 1. The van der Waals surface area contributed by atoms with E-state index >= 15 is 0 Å². The van der Waals surface area contributed by atoms with Gasteiger partial charge in [0.2, 0.25) is 0 Å². The van der Waals surface area contributed by atoms with Crippen molar-refractivity contribution in [3.8, 4) is 0 Å². The van der Waals surface area contributed by atoms with Crippen LogP contribution in [-0.2, 0) is 4.79 Å². The highest BCUT2D eigenvalue weighted by molar-refractivity contribution is 6.33. The minimum atomic E-state index is -0.0846. The number of benzene rings is 2. The molecule has 1 fully saturated rings. The number of hydrogen-bond donors (Lipinski definition) is 2. The van der Waals surface area contributed by atoms with Gasteiger partial charge in [0, 0.05) is 5.69 Å². The number of hydrogen-bond acceptors (Lipinski definition) is 2. The van der Waals surface area contributed by atoms with Crippen molar-refractivity contribution in [2.24, 2.45) is 0 Å². The number of halogens is 1. The predicted molar refractivity (Wildman–Crippen MR) is 113 cm³/mol. The van der Waals surface area contributed by atoms with E-state index in [0.29, 0.717) is 5.92 Å². The fourth-order valence-electron chi connectivity index (χ4n) is 3.72. The van der Waals surface area contributed by atoms with Gasteiger partial charge in [-0.3, -0.25) is 4.79 Å². The maximum absolute atomic E-state index is 12.8. The quantitative estimate of drug-likeness (QED) is 0.828. The van der Waals surface area contributed by atoms with Gasteiger partial charge < -0.3 is 15.1 Å². The molecule has 1 aliphatic heterocycles. The van der Waals surface area contributed by atoms with Crippen molar-refractivity contribution in [1.29, 1.82) is 0 Å². The number of para-hydroxylation sites is 2. The number of quaternary nitrogens is 1. The Morgan fingerprint density at radius 2 is 1.67 bits per heavy atom. The van der Waals surface area contributed by atoms with Crippen LogP contribution in [0.5, 0.6) is 0 Å². The molecule has 0 aliphatic carbocycles. The number of anilines is 2. The van der Waals surface area contributed by atoms with Crippen molar-refractivity contribution in [3.63, 3.8) is 0 Å². The van der Waals surface area contributed by atoms with Crippen LogP contribution in [0.3, 0.4) is 0 Å². The molecule has 2 aromatic carbocycles. The molecule has 0 unspecified atom stereocenters. The zero-order valence-corrected chi connectivity index (χ0v) is 17.1. The lowest BCUT2D eigenvalue weighted by molar-refractivity contribution is -0.914. The van der Waals surface area contributed by atoms with Gasteiger partial charge in [-0.1, -0.05) is 55.8 Å². The normalized spacial score (nSPS) is 16.4. The van der Waals surface area contributed by atoms with E-state index in [1.165, 1.54) is 10.5 Å². The topological polar surface area (TPSA) is 36.8 Å².